The van der Waals surface area contributed by atoms with Gasteiger partial charge in [0.25, 0.3) is 0 Å². The summed E-state index contributed by atoms with van der Waals surface area (Å²) < 4.78 is 4.85. The van der Waals surface area contributed by atoms with Crippen LogP contribution in [0.15, 0.2) is 36.5 Å². The van der Waals surface area contributed by atoms with Gasteiger partial charge in [0.2, 0.25) is 0 Å². The molecule has 0 fully saturated rings. The summed E-state index contributed by atoms with van der Waals surface area (Å²) in [5.74, 6) is -0.187. The van der Waals surface area contributed by atoms with Gasteiger partial charge >= 0.3 is 5.97 Å². The maximum Gasteiger partial charge on any atom is 0.302 e. The minimum absolute atomic E-state index is 0.187. The van der Waals surface area contributed by atoms with E-state index in [4.69, 9.17) is 4.74 Å². The van der Waals surface area contributed by atoms with Crippen LogP contribution in [0.2, 0.25) is 0 Å². The number of rotatable bonds is 10. The van der Waals surface area contributed by atoms with Crippen LogP contribution in [-0.2, 0) is 9.53 Å². The standard InChI is InChI=1S/C16H26O2/c1-3-4-5-6-7-8-9-10-11-12-13-14-15-18-16(2)17/h4-5,7-8,10-11H,3,6,9,12-15H2,1-2H3/b5-4-,8-7-,11-10-. The lowest BCUT2D eigenvalue weighted by molar-refractivity contribution is -0.141. The van der Waals surface area contributed by atoms with Crippen molar-refractivity contribution in [1.82, 2.24) is 0 Å². The Bertz CT molecular complexity index is 275. The predicted molar refractivity (Wildman–Crippen MR) is 77.4 cm³/mol. The highest BCUT2D eigenvalue weighted by molar-refractivity contribution is 5.65. The zero-order valence-corrected chi connectivity index (χ0v) is 11.7. The molecule has 0 rings (SSSR count). The van der Waals surface area contributed by atoms with Crippen LogP contribution in [0.1, 0.15) is 52.4 Å². The molecule has 0 aromatic rings. The fourth-order valence-electron chi connectivity index (χ4n) is 1.41. The van der Waals surface area contributed by atoms with E-state index in [9.17, 15) is 4.79 Å². The second-order valence-electron chi connectivity index (χ2n) is 4.13. The van der Waals surface area contributed by atoms with Crippen molar-refractivity contribution < 1.29 is 9.53 Å². The third kappa shape index (κ3) is 14.7. The van der Waals surface area contributed by atoms with Crippen LogP contribution < -0.4 is 0 Å². The van der Waals surface area contributed by atoms with Gasteiger partial charge in [0.1, 0.15) is 0 Å². The lowest BCUT2D eigenvalue weighted by atomic mass is 10.2. The van der Waals surface area contributed by atoms with Crippen molar-refractivity contribution in [2.45, 2.75) is 52.4 Å². The first-order valence-electron chi connectivity index (χ1n) is 6.85. The maximum atomic E-state index is 10.5. The molecule has 0 bridgehead atoms. The van der Waals surface area contributed by atoms with Gasteiger partial charge in [-0.05, 0) is 38.5 Å². The zero-order chi connectivity index (χ0) is 13.5. The number of allylic oxidation sites excluding steroid dienone is 6. The third-order valence-corrected chi connectivity index (χ3v) is 2.35. The lowest BCUT2D eigenvalue weighted by Gasteiger charge is -1.99. The topological polar surface area (TPSA) is 26.3 Å². The predicted octanol–water partition coefficient (Wildman–Crippen LogP) is 4.58. The average Bonchev–Trinajstić information content (AvgIpc) is 2.34. The van der Waals surface area contributed by atoms with Crippen molar-refractivity contribution in [1.29, 1.82) is 0 Å². The molecule has 0 atom stereocenters. The SMILES string of the molecule is CC/C=C\C/C=C\C/C=C\CCCCOC(C)=O. The van der Waals surface area contributed by atoms with Gasteiger partial charge in [-0.1, -0.05) is 43.4 Å². The molecular weight excluding hydrogens is 224 g/mol. The van der Waals surface area contributed by atoms with E-state index in [0.29, 0.717) is 6.61 Å². The van der Waals surface area contributed by atoms with Crippen molar-refractivity contribution in [2.24, 2.45) is 0 Å². The summed E-state index contributed by atoms with van der Waals surface area (Å²) in [7, 11) is 0. The number of hydrogen-bond donors (Lipinski definition) is 0. The number of carbonyl (C=O) groups is 1. The first-order valence-corrected chi connectivity index (χ1v) is 6.85. The molecule has 18 heavy (non-hydrogen) atoms. The molecule has 2 nitrogen and oxygen atoms in total. The maximum absolute atomic E-state index is 10.5. The van der Waals surface area contributed by atoms with E-state index >= 15 is 0 Å². The monoisotopic (exact) mass is 250 g/mol. The van der Waals surface area contributed by atoms with Gasteiger partial charge in [-0.2, -0.15) is 0 Å². The molecule has 0 aliphatic carbocycles. The van der Waals surface area contributed by atoms with E-state index < -0.39 is 0 Å². The van der Waals surface area contributed by atoms with Crippen LogP contribution in [0.5, 0.6) is 0 Å². The molecule has 0 heterocycles. The van der Waals surface area contributed by atoms with Gasteiger partial charge in [-0.15, -0.1) is 0 Å². The van der Waals surface area contributed by atoms with Crippen LogP contribution in [0.25, 0.3) is 0 Å². The van der Waals surface area contributed by atoms with Gasteiger partial charge in [0, 0.05) is 6.92 Å². The molecular formula is C16H26O2. The summed E-state index contributed by atoms with van der Waals surface area (Å²) in [6.07, 6.45) is 19.4. The Kier molecular flexibility index (Phi) is 12.8. The fraction of sp³-hybridized carbons (Fsp3) is 0.562. The highest BCUT2D eigenvalue weighted by Gasteiger charge is 1.91. The van der Waals surface area contributed by atoms with Gasteiger partial charge in [-0.3, -0.25) is 4.79 Å². The summed E-state index contributed by atoms with van der Waals surface area (Å²) in [4.78, 5) is 10.5. The van der Waals surface area contributed by atoms with Gasteiger partial charge in [0.05, 0.1) is 6.61 Å². The largest absolute Gasteiger partial charge is 0.466 e. The van der Waals surface area contributed by atoms with E-state index in [1.807, 2.05) is 0 Å². The van der Waals surface area contributed by atoms with E-state index in [1.165, 1.54) is 6.92 Å². The molecule has 0 N–H and O–H groups in total. The van der Waals surface area contributed by atoms with Crippen LogP contribution in [0.4, 0.5) is 0 Å². The Morgan fingerprint density at radius 2 is 1.56 bits per heavy atom. The van der Waals surface area contributed by atoms with Crippen molar-refractivity contribution in [3.63, 3.8) is 0 Å². The normalized spacial score (nSPS) is 11.9. The number of hydrogen-bond acceptors (Lipinski definition) is 2. The third-order valence-electron chi connectivity index (χ3n) is 2.35. The average molecular weight is 250 g/mol. The summed E-state index contributed by atoms with van der Waals surface area (Å²) in [5.41, 5.74) is 0. The molecule has 0 saturated heterocycles. The zero-order valence-electron chi connectivity index (χ0n) is 11.7. The number of ether oxygens (including phenoxy) is 1. The second kappa shape index (κ2) is 13.8. The molecule has 0 amide bonds. The van der Waals surface area contributed by atoms with Gasteiger partial charge < -0.3 is 4.74 Å². The van der Waals surface area contributed by atoms with Crippen molar-refractivity contribution in [3.8, 4) is 0 Å². The Morgan fingerprint density at radius 1 is 0.944 bits per heavy atom. The van der Waals surface area contributed by atoms with Gasteiger partial charge in [0.15, 0.2) is 0 Å². The molecule has 0 saturated carbocycles. The molecule has 0 aliphatic rings. The minimum Gasteiger partial charge on any atom is -0.466 e. The van der Waals surface area contributed by atoms with Crippen molar-refractivity contribution in [2.75, 3.05) is 6.61 Å². The van der Waals surface area contributed by atoms with E-state index in [0.717, 1.165) is 38.5 Å². The summed E-state index contributed by atoms with van der Waals surface area (Å²) in [6, 6.07) is 0. The molecule has 0 radical (unpaired) electrons. The smallest absolute Gasteiger partial charge is 0.302 e. The molecule has 2 heteroatoms. The first kappa shape index (κ1) is 16.7. The van der Waals surface area contributed by atoms with Crippen LogP contribution in [0.3, 0.4) is 0 Å². The molecule has 0 aliphatic heterocycles. The molecule has 0 unspecified atom stereocenters. The van der Waals surface area contributed by atoms with E-state index in [-0.39, 0.29) is 5.97 Å². The fourth-order valence-corrected chi connectivity index (χ4v) is 1.41. The number of carbonyl (C=O) groups excluding carboxylic acids is 1. The van der Waals surface area contributed by atoms with E-state index in [1.54, 1.807) is 0 Å². The number of esters is 1. The molecule has 0 aromatic carbocycles. The van der Waals surface area contributed by atoms with Crippen LogP contribution >= 0.6 is 0 Å². The Labute approximate surface area is 111 Å². The minimum atomic E-state index is -0.187. The quantitative estimate of drug-likeness (QED) is 0.322. The highest BCUT2D eigenvalue weighted by Crippen LogP contribution is 1.99. The Balaban J connectivity index is 3.27. The Hall–Kier alpha value is -1.31. The van der Waals surface area contributed by atoms with Crippen LogP contribution in [0, 0.1) is 0 Å². The van der Waals surface area contributed by atoms with Crippen molar-refractivity contribution in [3.05, 3.63) is 36.5 Å². The van der Waals surface area contributed by atoms with E-state index in [2.05, 4.69) is 43.4 Å². The highest BCUT2D eigenvalue weighted by atomic mass is 16.5. The second-order valence-corrected chi connectivity index (χ2v) is 4.13. The summed E-state index contributed by atoms with van der Waals surface area (Å²) >= 11 is 0. The summed E-state index contributed by atoms with van der Waals surface area (Å²) in [6.45, 7) is 4.14. The summed E-state index contributed by atoms with van der Waals surface area (Å²) in [5, 5.41) is 0. The molecule has 0 aromatic heterocycles. The molecule has 102 valence electrons. The van der Waals surface area contributed by atoms with Crippen LogP contribution in [-0.4, -0.2) is 12.6 Å². The van der Waals surface area contributed by atoms with Crippen molar-refractivity contribution >= 4 is 5.97 Å². The first-order chi connectivity index (χ1) is 8.77. The van der Waals surface area contributed by atoms with Gasteiger partial charge in [-0.25, -0.2) is 0 Å². The molecule has 0 spiro atoms. The lowest BCUT2D eigenvalue weighted by Crippen LogP contribution is -1.99. The number of unbranched alkanes of at least 4 members (excludes halogenated alkanes) is 2. The Morgan fingerprint density at radius 3 is 2.17 bits per heavy atom.